The average molecular weight is 417 g/mol. The predicted octanol–water partition coefficient (Wildman–Crippen LogP) is 4.94. The first-order valence-corrected chi connectivity index (χ1v) is 8.04. The normalized spacial score (nSPS) is 12.3. The van der Waals surface area contributed by atoms with Gasteiger partial charge in [0, 0.05) is 11.9 Å². The number of ether oxygens (including phenoxy) is 1. The molecule has 1 N–H and O–H groups in total. The number of fused-ring (bicyclic) bond motifs is 1. The lowest BCUT2D eigenvalue weighted by molar-refractivity contribution is -0.143. The van der Waals surface area contributed by atoms with Crippen molar-refractivity contribution in [2.45, 2.75) is 19.3 Å². The van der Waals surface area contributed by atoms with Crippen molar-refractivity contribution in [2.24, 2.45) is 0 Å². The van der Waals surface area contributed by atoms with Gasteiger partial charge in [-0.2, -0.15) is 26.3 Å². The highest BCUT2D eigenvalue weighted by Gasteiger charge is 2.37. The van der Waals surface area contributed by atoms with Gasteiger partial charge in [-0.05, 0) is 37.3 Å². The van der Waals surface area contributed by atoms with Gasteiger partial charge in [-0.25, -0.2) is 4.98 Å². The van der Waals surface area contributed by atoms with E-state index in [4.69, 9.17) is 4.74 Å². The third-order valence-corrected chi connectivity index (χ3v) is 4.07. The van der Waals surface area contributed by atoms with E-state index in [-0.39, 0.29) is 23.1 Å². The van der Waals surface area contributed by atoms with Crippen molar-refractivity contribution in [3.63, 3.8) is 0 Å². The van der Waals surface area contributed by atoms with E-state index in [2.05, 4.69) is 10.3 Å². The van der Waals surface area contributed by atoms with Crippen LogP contribution in [-0.2, 0) is 12.4 Å². The monoisotopic (exact) mass is 417 g/mol. The molecule has 29 heavy (non-hydrogen) atoms. The molecule has 1 aromatic carbocycles. The molecule has 3 rings (SSSR count). The van der Waals surface area contributed by atoms with Crippen LogP contribution in [0, 0.1) is 6.92 Å². The number of hydrogen-bond donors (Lipinski definition) is 1. The van der Waals surface area contributed by atoms with Crippen molar-refractivity contribution in [3.05, 3.63) is 59.0 Å². The molecule has 1 amide bonds. The van der Waals surface area contributed by atoms with Crippen molar-refractivity contribution >= 4 is 17.2 Å². The Morgan fingerprint density at radius 2 is 1.66 bits per heavy atom. The van der Waals surface area contributed by atoms with E-state index in [0.29, 0.717) is 17.9 Å². The van der Waals surface area contributed by atoms with E-state index in [1.165, 1.54) is 24.6 Å². The smallest absolute Gasteiger partial charge is 0.416 e. The van der Waals surface area contributed by atoms with Crippen LogP contribution in [0.15, 0.2) is 36.5 Å². The summed E-state index contributed by atoms with van der Waals surface area (Å²) in [7, 11) is 1.39. The largest absolute Gasteiger partial charge is 0.493 e. The lowest BCUT2D eigenvalue weighted by Gasteiger charge is -2.15. The summed E-state index contributed by atoms with van der Waals surface area (Å²) >= 11 is 0. The molecule has 0 saturated heterocycles. The molecular formula is C18H13F6N3O2. The number of benzene rings is 1. The van der Waals surface area contributed by atoms with Crippen molar-refractivity contribution in [1.82, 2.24) is 9.38 Å². The second-order valence-electron chi connectivity index (χ2n) is 6.06. The number of pyridine rings is 1. The molecular weight excluding hydrogens is 404 g/mol. The fraction of sp³-hybridized carbons (Fsp3) is 0.222. The number of hydrogen-bond acceptors (Lipinski definition) is 3. The fourth-order valence-corrected chi connectivity index (χ4v) is 2.81. The number of nitrogens with one attached hydrogen (secondary N) is 1. The number of imidazole rings is 1. The quantitative estimate of drug-likeness (QED) is 0.615. The molecule has 5 nitrogen and oxygen atoms in total. The van der Waals surface area contributed by atoms with Crippen LogP contribution in [0.5, 0.6) is 5.75 Å². The zero-order chi connectivity index (χ0) is 21.6. The van der Waals surface area contributed by atoms with Gasteiger partial charge in [-0.15, -0.1) is 0 Å². The third-order valence-electron chi connectivity index (χ3n) is 4.07. The summed E-state index contributed by atoms with van der Waals surface area (Å²) in [5.74, 6) is -0.580. The standard InChI is InChI=1S/C18H13F6N3O2/c1-9-14(27-5-3-4-13(29-2)15(27)25-9)16(28)26-12-7-10(17(19,20)21)6-11(8-12)18(22,23)24/h3-8H,1-2H3,(H,26,28). The first kappa shape index (κ1) is 20.5. The molecule has 3 aromatic rings. The summed E-state index contributed by atoms with van der Waals surface area (Å²) in [5, 5.41) is 2.10. The molecule has 154 valence electrons. The molecule has 0 aliphatic rings. The van der Waals surface area contributed by atoms with E-state index in [1.807, 2.05) is 0 Å². The van der Waals surface area contributed by atoms with Crippen LogP contribution in [0.25, 0.3) is 5.65 Å². The molecule has 0 aliphatic carbocycles. The van der Waals surface area contributed by atoms with Gasteiger partial charge in [0.2, 0.25) is 0 Å². The zero-order valence-electron chi connectivity index (χ0n) is 14.9. The summed E-state index contributed by atoms with van der Waals surface area (Å²) in [4.78, 5) is 16.8. The number of halogens is 6. The van der Waals surface area contributed by atoms with E-state index in [9.17, 15) is 31.1 Å². The van der Waals surface area contributed by atoms with Gasteiger partial charge in [-0.3, -0.25) is 9.20 Å². The number of anilines is 1. The van der Waals surface area contributed by atoms with Crippen molar-refractivity contribution < 1.29 is 35.9 Å². The Morgan fingerprint density at radius 3 is 2.17 bits per heavy atom. The van der Waals surface area contributed by atoms with E-state index < -0.39 is 35.1 Å². The van der Waals surface area contributed by atoms with Crippen LogP contribution in [0.2, 0.25) is 0 Å². The maximum Gasteiger partial charge on any atom is 0.416 e. The Bertz CT molecular complexity index is 1050. The fourth-order valence-electron chi connectivity index (χ4n) is 2.81. The Morgan fingerprint density at radius 1 is 1.07 bits per heavy atom. The average Bonchev–Trinajstić information content (AvgIpc) is 2.95. The molecule has 0 bridgehead atoms. The summed E-state index contributed by atoms with van der Waals surface area (Å²) in [6.45, 7) is 1.48. The van der Waals surface area contributed by atoms with Gasteiger partial charge in [0.25, 0.3) is 5.91 Å². The SMILES string of the molecule is COc1cccn2c(C(=O)Nc3cc(C(F)(F)F)cc(C(F)(F)F)c3)c(C)nc12. The van der Waals surface area contributed by atoms with Gasteiger partial charge in [0.05, 0.1) is 23.9 Å². The number of aromatic nitrogens is 2. The highest BCUT2D eigenvalue weighted by Crippen LogP contribution is 2.37. The number of nitrogens with zero attached hydrogens (tertiary/aromatic N) is 2. The molecule has 2 heterocycles. The number of carbonyl (C=O) groups is 1. The summed E-state index contributed by atoms with van der Waals surface area (Å²) in [6.07, 6.45) is -8.57. The molecule has 0 unspecified atom stereocenters. The van der Waals surface area contributed by atoms with Gasteiger partial charge < -0.3 is 10.1 Å². The molecule has 0 fully saturated rings. The van der Waals surface area contributed by atoms with E-state index in [1.54, 1.807) is 12.1 Å². The highest BCUT2D eigenvalue weighted by atomic mass is 19.4. The number of rotatable bonds is 3. The van der Waals surface area contributed by atoms with E-state index in [0.717, 1.165) is 0 Å². The summed E-state index contributed by atoms with van der Waals surface area (Å²) in [6, 6.07) is 4.00. The molecule has 0 saturated carbocycles. The Balaban J connectivity index is 2.06. The van der Waals surface area contributed by atoms with E-state index >= 15 is 0 Å². The maximum atomic E-state index is 13.0. The number of methoxy groups -OCH3 is 1. The Hall–Kier alpha value is -3.24. The maximum absolute atomic E-state index is 13.0. The number of aryl methyl sites for hydroxylation is 1. The summed E-state index contributed by atoms with van der Waals surface area (Å²) in [5.41, 5.74) is -3.26. The molecule has 0 aliphatic heterocycles. The number of alkyl halides is 6. The van der Waals surface area contributed by atoms with Crippen LogP contribution < -0.4 is 10.1 Å². The van der Waals surface area contributed by atoms with Gasteiger partial charge in [0.1, 0.15) is 5.69 Å². The lowest BCUT2D eigenvalue weighted by atomic mass is 10.1. The lowest BCUT2D eigenvalue weighted by Crippen LogP contribution is -2.18. The van der Waals surface area contributed by atoms with Crippen molar-refractivity contribution in [1.29, 1.82) is 0 Å². The van der Waals surface area contributed by atoms with Crippen molar-refractivity contribution in [3.8, 4) is 5.75 Å². The van der Waals surface area contributed by atoms with Crippen LogP contribution in [0.4, 0.5) is 32.0 Å². The Kier molecular flexibility index (Phi) is 4.93. The highest BCUT2D eigenvalue weighted by molar-refractivity contribution is 6.04. The van der Waals surface area contributed by atoms with Crippen molar-refractivity contribution in [2.75, 3.05) is 12.4 Å². The predicted molar refractivity (Wildman–Crippen MR) is 90.9 cm³/mol. The second kappa shape index (κ2) is 6.98. The minimum absolute atomic E-state index is 0.0139. The molecule has 0 radical (unpaired) electrons. The summed E-state index contributed by atoms with van der Waals surface area (Å²) < 4.78 is 84.4. The molecule has 0 atom stereocenters. The molecule has 0 spiro atoms. The third kappa shape index (κ3) is 3.98. The minimum Gasteiger partial charge on any atom is -0.493 e. The van der Waals surface area contributed by atoms with Gasteiger partial charge in [0.15, 0.2) is 11.4 Å². The number of carbonyl (C=O) groups excluding carboxylic acids is 1. The second-order valence-corrected chi connectivity index (χ2v) is 6.06. The molecule has 2 aromatic heterocycles. The topological polar surface area (TPSA) is 55.6 Å². The first-order chi connectivity index (χ1) is 13.4. The first-order valence-electron chi connectivity index (χ1n) is 8.04. The van der Waals surface area contributed by atoms with Gasteiger partial charge in [-0.1, -0.05) is 0 Å². The Labute approximate surface area is 159 Å². The van der Waals surface area contributed by atoms with Crippen LogP contribution in [0.1, 0.15) is 27.3 Å². The molecule has 11 heteroatoms. The zero-order valence-corrected chi connectivity index (χ0v) is 14.9. The van der Waals surface area contributed by atoms with Crippen LogP contribution >= 0.6 is 0 Å². The van der Waals surface area contributed by atoms with Gasteiger partial charge >= 0.3 is 12.4 Å². The van der Waals surface area contributed by atoms with Crippen LogP contribution in [0.3, 0.4) is 0 Å². The number of amides is 1. The van der Waals surface area contributed by atoms with Crippen LogP contribution in [-0.4, -0.2) is 22.4 Å². The minimum atomic E-state index is -5.02.